The summed E-state index contributed by atoms with van der Waals surface area (Å²) in [4.78, 5) is 20.8. The van der Waals surface area contributed by atoms with Crippen molar-refractivity contribution in [3.63, 3.8) is 0 Å². The van der Waals surface area contributed by atoms with Gasteiger partial charge in [0.1, 0.15) is 0 Å². The molecule has 0 saturated carbocycles. The van der Waals surface area contributed by atoms with Gasteiger partial charge in [0.2, 0.25) is 5.91 Å². The first-order valence-electron chi connectivity index (χ1n) is 3.45. The maximum Gasteiger partial charge on any atom is 0.308 e. The van der Waals surface area contributed by atoms with Crippen LogP contribution in [0, 0.1) is 5.92 Å². The van der Waals surface area contributed by atoms with Crippen molar-refractivity contribution in [1.29, 1.82) is 0 Å². The highest BCUT2D eigenvalue weighted by molar-refractivity contribution is 5.75. The molecule has 2 N–H and O–H groups in total. The second-order valence-electron chi connectivity index (χ2n) is 2.62. The molecule has 2 unspecified atom stereocenters. The van der Waals surface area contributed by atoms with Crippen LogP contribution in [-0.2, 0) is 9.59 Å². The summed E-state index contributed by atoms with van der Waals surface area (Å²) in [6.07, 6.45) is 0. The Hall–Kier alpha value is -1.06. The topological polar surface area (TPSA) is 66.4 Å². The predicted molar refractivity (Wildman–Crippen MR) is 40.1 cm³/mol. The Balaban J connectivity index is 3.92. The minimum atomic E-state index is -0.897. The van der Waals surface area contributed by atoms with Crippen molar-refractivity contribution in [2.45, 2.75) is 26.8 Å². The van der Waals surface area contributed by atoms with E-state index in [4.69, 9.17) is 5.11 Å². The lowest BCUT2D eigenvalue weighted by Gasteiger charge is -2.15. The van der Waals surface area contributed by atoms with Crippen molar-refractivity contribution in [3.05, 3.63) is 0 Å². The molecule has 0 aliphatic rings. The molecule has 0 aromatic heterocycles. The molecule has 4 heteroatoms. The van der Waals surface area contributed by atoms with Gasteiger partial charge in [-0.05, 0) is 13.8 Å². The molecular formula is C7H13NO3. The monoisotopic (exact) mass is 159 g/mol. The Morgan fingerprint density at radius 2 is 1.82 bits per heavy atom. The summed E-state index contributed by atoms with van der Waals surface area (Å²) in [7, 11) is 0. The van der Waals surface area contributed by atoms with Crippen molar-refractivity contribution in [2.75, 3.05) is 0 Å². The molecule has 4 nitrogen and oxygen atoms in total. The molecular weight excluding hydrogens is 146 g/mol. The van der Waals surface area contributed by atoms with Crippen molar-refractivity contribution in [1.82, 2.24) is 5.32 Å². The molecule has 0 aliphatic carbocycles. The van der Waals surface area contributed by atoms with Gasteiger partial charge in [-0.2, -0.15) is 0 Å². The molecule has 0 radical (unpaired) electrons. The summed E-state index contributed by atoms with van der Waals surface area (Å²) >= 11 is 0. The number of rotatable bonds is 3. The third kappa shape index (κ3) is 3.60. The molecule has 0 aromatic carbocycles. The molecule has 0 bridgehead atoms. The van der Waals surface area contributed by atoms with Gasteiger partial charge >= 0.3 is 5.97 Å². The number of hydrogen-bond acceptors (Lipinski definition) is 2. The number of carboxylic acids is 1. The molecule has 0 saturated heterocycles. The van der Waals surface area contributed by atoms with Crippen LogP contribution in [-0.4, -0.2) is 23.0 Å². The highest BCUT2D eigenvalue weighted by atomic mass is 16.4. The molecule has 1 amide bonds. The number of carboxylic acid groups (broad SMARTS) is 1. The maximum absolute atomic E-state index is 10.5. The number of carbonyl (C=O) groups is 2. The Morgan fingerprint density at radius 1 is 1.36 bits per heavy atom. The van der Waals surface area contributed by atoms with E-state index in [1.165, 1.54) is 6.92 Å². The fourth-order valence-electron chi connectivity index (χ4n) is 0.659. The summed E-state index contributed by atoms with van der Waals surface area (Å²) in [6.45, 7) is 4.59. The van der Waals surface area contributed by atoms with E-state index >= 15 is 0 Å². The first-order valence-corrected chi connectivity index (χ1v) is 3.45. The summed E-state index contributed by atoms with van der Waals surface area (Å²) < 4.78 is 0. The zero-order valence-corrected chi connectivity index (χ0v) is 6.92. The number of amides is 1. The fraction of sp³-hybridized carbons (Fsp3) is 0.714. The van der Waals surface area contributed by atoms with Gasteiger partial charge in [-0.15, -0.1) is 0 Å². The number of aliphatic carboxylic acids is 1. The van der Waals surface area contributed by atoms with Gasteiger partial charge in [0.05, 0.1) is 5.92 Å². The molecule has 0 aliphatic heterocycles. The van der Waals surface area contributed by atoms with Gasteiger partial charge in [-0.25, -0.2) is 0 Å². The van der Waals surface area contributed by atoms with Gasteiger partial charge < -0.3 is 10.4 Å². The summed E-state index contributed by atoms with van der Waals surface area (Å²) in [5.74, 6) is -1.64. The molecule has 2 atom stereocenters. The van der Waals surface area contributed by atoms with Crippen LogP contribution in [0.4, 0.5) is 0 Å². The van der Waals surface area contributed by atoms with Crippen LogP contribution in [0.15, 0.2) is 0 Å². The van der Waals surface area contributed by atoms with Gasteiger partial charge in [-0.1, -0.05) is 0 Å². The predicted octanol–water partition coefficient (Wildman–Crippen LogP) is 0.232. The van der Waals surface area contributed by atoms with E-state index in [0.717, 1.165) is 0 Å². The lowest BCUT2D eigenvalue weighted by atomic mass is 10.0. The van der Waals surface area contributed by atoms with Crippen LogP contribution in [0.2, 0.25) is 0 Å². The van der Waals surface area contributed by atoms with E-state index in [9.17, 15) is 9.59 Å². The first kappa shape index (κ1) is 9.94. The van der Waals surface area contributed by atoms with Gasteiger partial charge in [0.25, 0.3) is 0 Å². The zero-order valence-electron chi connectivity index (χ0n) is 6.92. The van der Waals surface area contributed by atoms with Gasteiger partial charge in [-0.3, -0.25) is 9.59 Å². The SMILES string of the molecule is CC(=O)NC(C)C(C)C(=O)O. The Bertz CT molecular complexity index is 167. The minimum absolute atomic E-state index is 0.203. The first-order chi connectivity index (χ1) is 4.95. The normalized spacial score (nSPS) is 15.2. The minimum Gasteiger partial charge on any atom is -0.481 e. The molecule has 0 fully saturated rings. The second kappa shape index (κ2) is 3.95. The lowest BCUT2D eigenvalue weighted by Crippen LogP contribution is -2.38. The summed E-state index contributed by atoms with van der Waals surface area (Å²) in [5.41, 5.74) is 0. The van der Waals surface area contributed by atoms with E-state index in [-0.39, 0.29) is 11.9 Å². The number of nitrogens with one attached hydrogen (secondary N) is 1. The van der Waals surface area contributed by atoms with Crippen LogP contribution in [0.25, 0.3) is 0 Å². The quantitative estimate of drug-likeness (QED) is 0.619. The van der Waals surface area contributed by atoms with E-state index in [1.54, 1.807) is 13.8 Å². The van der Waals surface area contributed by atoms with Gasteiger partial charge in [0.15, 0.2) is 0 Å². The fourth-order valence-corrected chi connectivity index (χ4v) is 0.659. The molecule has 64 valence electrons. The highest BCUT2D eigenvalue weighted by Gasteiger charge is 2.19. The average Bonchev–Trinajstić information content (AvgIpc) is 1.84. The van der Waals surface area contributed by atoms with Crippen LogP contribution < -0.4 is 5.32 Å². The smallest absolute Gasteiger partial charge is 0.308 e. The van der Waals surface area contributed by atoms with E-state index < -0.39 is 11.9 Å². The second-order valence-corrected chi connectivity index (χ2v) is 2.62. The summed E-state index contributed by atoms with van der Waals surface area (Å²) in [6, 6.07) is -0.315. The number of carbonyl (C=O) groups excluding carboxylic acids is 1. The Morgan fingerprint density at radius 3 is 2.09 bits per heavy atom. The Kier molecular flexibility index (Phi) is 3.57. The van der Waals surface area contributed by atoms with Crippen LogP contribution in [0.3, 0.4) is 0 Å². The Labute approximate surface area is 65.6 Å². The molecule has 0 heterocycles. The van der Waals surface area contributed by atoms with E-state index in [2.05, 4.69) is 5.32 Å². The third-order valence-corrected chi connectivity index (χ3v) is 1.57. The maximum atomic E-state index is 10.5. The average molecular weight is 159 g/mol. The van der Waals surface area contributed by atoms with Crippen LogP contribution in [0.1, 0.15) is 20.8 Å². The largest absolute Gasteiger partial charge is 0.481 e. The molecule has 11 heavy (non-hydrogen) atoms. The standard InChI is InChI=1S/C7H13NO3/c1-4(7(10)11)5(2)8-6(3)9/h4-5H,1-3H3,(H,8,9)(H,10,11). The molecule has 0 spiro atoms. The van der Waals surface area contributed by atoms with Crippen LogP contribution >= 0.6 is 0 Å². The lowest BCUT2D eigenvalue weighted by molar-refractivity contribution is -0.142. The van der Waals surface area contributed by atoms with Gasteiger partial charge in [0, 0.05) is 13.0 Å². The molecule has 0 aromatic rings. The highest BCUT2D eigenvalue weighted by Crippen LogP contribution is 2.01. The summed E-state index contributed by atoms with van der Waals surface area (Å²) in [5, 5.41) is 11.0. The zero-order chi connectivity index (χ0) is 9.02. The van der Waals surface area contributed by atoms with Crippen molar-refractivity contribution in [3.8, 4) is 0 Å². The van der Waals surface area contributed by atoms with Crippen molar-refractivity contribution < 1.29 is 14.7 Å². The molecule has 0 rings (SSSR count). The number of hydrogen-bond donors (Lipinski definition) is 2. The third-order valence-electron chi connectivity index (χ3n) is 1.57. The van der Waals surface area contributed by atoms with E-state index in [1.807, 2.05) is 0 Å². The van der Waals surface area contributed by atoms with Crippen molar-refractivity contribution in [2.24, 2.45) is 5.92 Å². The van der Waals surface area contributed by atoms with E-state index in [0.29, 0.717) is 0 Å². The van der Waals surface area contributed by atoms with Crippen LogP contribution in [0.5, 0.6) is 0 Å². The van der Waals surface area contributed by atoms with Crippen molar-refractivity contribution >= 4 is 11.9 Å².